The van der Waals surface area contributed by atoms with Gasteiger partial charge in [0, 0.05) is 16.7 Å². The predicted molar refractivity (Wildman–Crippen MR) is 103 cm³/mol. The molecule has 0 radical (unpaired) electrons. The Bertz CT molecular complexity index is 864. The summed E-state index contributed by atoms with van der Waals surface area (Å²) in [5, 5.41) is 2.78. The predicted octanol–water partition coefficient (Wildman–Crippen LogP) is 3.72. The number of benzene rings is 2. The normalized spacial score (nSPS) is 11.6. The molecule has 0 fully saturated rings. The van der Waals surface area contributed by atoms with E-state index in [1.165, 1.54) is 12.1 Å². The van der Waals surface area contributed by atoms with Crippen LogP contribution in [0, 0.1) is 13.8 Å². The van der Waals surface area contributed by atoms with Crippen LogP contribution in [0.4, 0.5) is 5.69 Å². The van der Waals surface area contributed by atoms with E-state index in [-0.39, 0.29) is 23.9 Å². The second-order valence-electron chi connectivity index (χ2n) is 5.75. The topological polar surface area (TPSA) is 66.5 Å². The maximum absolute atomic E-state index is 12.7. The largest absolute Gasteiger partial charge is 0.325 e. The number of sulfonamides is 1. The van der Waals surface area contributed by atoms with Gasteiger partial charge in [0.15, 0.2) is 0 Å². The minimum absolute atomic E-state index is 0.164. The molecule has 0 bridgehead atoms. The van der Waals surface area contributed by atoms with E-state index in [0.29, 0.717) is 5.69 Å². The quantitative estimate of drug-likeness (QED) is 0.767. The molecule has 0 spiro atoms. The summed E-state index contributed by atoms with van der Waals surface area (Å²) in [7, 11) is -3.72. The number of hydrogen-bond acceptors (Lipinski definition) is 3. The molecular formula is C18H21BrN2O3S. The van der Waals surface area contributed by atoms with Crippen molar-refractivity contribution in [3.8, 4) is 0 Å². The van der Waals surface area contributed by atoms with Gasteiger partial charge >= 0.3 is 0 Å². The molecule has 0 heterocycles. The lowest BCUT2D eigenvalue weighted by molar-refractivity contribution is -0.116. The molecule has 0 aliphatic heterocycles. The van der Waals surface area contributed by atoms with Crippen molar-refractivity contribution >= 4 is 37.5 Å². The van der Waals surface area contributed by atoms with Gasteiger partial charge in [0.25, 0.3) is 0 Å². The van der Waals surface area contributed by atoms with Gasteiger partial charge < -0.3 is 5.32 Å². The molecule has 2 rings (SSSR count). The number of aryl methyl sites for hydroxylation is 2. The molecule has 0 aromatic heterocycles. The van der Waals surface area contributed by atoms with Crippen LogP contribution in [-0.2, 0) is 14.8 Å². The first-order chi connectivity index (χ1) is 11.7. The first-order valence-corrected chi connectivity index (χ1v) is 10.1. The van der Waals surface area contributed by atoms with Gasteiger partial charge in [-0.15, -0.1) is 0 Å². The summed E-state index contributed by atoms with van der Waals surface area (Å²) in [6.07, 6.45) is 0. The van der Waals surface area contributed by atoms with Crippen LogP contribution in [-0.4, -0.2) is 31.7 Å². The van der Waals surface area contributed by atoms with E-state index in [1.807, 2.05) is 32.0 Å². The lowest BCUT2D eigenvalue weighted by atomic mass is 10.1. The van der Waals surface area contributed by atoms with Gasteiger partial charge in [-0.2, -0.15) is 4.31 Å². The number of halogens is 1. The Labute approximate surface area is 157 Å². The molecule has 7 heteroatoms. The fourth-order valence-corrected chi connectivity index (χ4v) is 4.10. The maximum atomic E-state index is 12.7. The van der Waals surface area contributed by atoms with Crippen LogP contribution in [0.3, 0.4) is 0 Å². The number of anilines is 1. The zero-order valence-electron chi connectivity index (χ0n) is 14.4. The van der Waals surface area contributed by atoms with Gasteiger partial charge in [0.05, 0.1) is 11.4 Å². The molecule has 5 nitrogen and oxygen atoms in total. The average Bonchev–Trinajstić information content (AvgIpc) is 2.55. The minimum atomic E-state index is -3.72. The molecule has 25 heavy (non-hydrogen) atoms. The van der Waals surface area contributed by atoms with E-state index in [4.69, 9.17) is 0 Å². The molecular weight excluding hydrogens is 404 g/mol. The summed E-state index contributed by atoms with van der Waals surface area (Å²) in [6.45, 7) is 5.56. The third-order valence-electron chi connectivity index (χ3n) is 3.78. The molecule has 0 saturated carbocycles. The Morgan fingerprint density at radius 2 is 1.76 bits per heavy atom. The molecule has 0 aliphatic rings. The number of hydrogen-bond donors (Lipinski definition) is 1. The van der Waals surface area contributed by atoms with E-state index < -0.39 is 10.0 Å². The van der Waals surface area contributed by atoms with Gasteiger partial charge in [-0.05, 0) is 49.7 Å². The van der Waals surface area contributed by atoms with Crippen molar-refractivity contribution in [2.45, 2.75) is 25.7 Å². The van der Waals surface area contributed by atoms with E-state index in [2.05, 4.69) is 21.2 Å². The Balaban J connectivity index is 2.15. The number of nitrogens with one attached hydrogen (secondary N) is 1. The summed E-state index contributed by atoms with van der Waals surface area (Å²) in [5.41, 5.74) is 2.73. The fourth-order valence-electron chi connectivity index (χ4n) is 2.43. The lowest BCUT2D eigenvalue weighted by Crippen LogP contribution is -2.37. The van der Waals surface area contributed by atoms with Crippen molar-refractivity contribution in [1.29, 1.82) is 0 Å². The van der Waals surface area contributed by atoms with Crippen molar-refractivity contribution in [2.24, 2.45) is 0 Å². The van der Waals surface area contributed by atoms with Crippen LogP contribution in [0.15, 0.2) is 51.8 Å². The average molecular weight is 425 g/mol. The summed E-state index contributed by atoms with van der Waals surface area (Å²) < 4.78 is 27.4. The van der Waals surface area contributed by atoms with Crippen molar-refractivity contribution in [3.63, 3.8) is 0 Å². The summed E-state index contributed by atoms with van der Waals surface area (Å²) in [5.74, 6) is -0.366. The Kier molecular flexibility index (Phi) is 6.37. The maximum Gasteiger partial charge on any atom is 0.243 e. The van der Waals surface area contributed by atoms with Crippen LogP contribution in [0.2, 0.25) is 0 Å². The molecule has 0 aliphatic carbocycles. The van der Waals surface area contributed by atoms with Gasteiger partial charge in [-0.25, -0.2) is 8.42 Å². The summed E-state index contributed by atoms with van der Waals surface area (Å²) in [4.78, 5) is 12.5. The van der Waals surface area contributed by atoms with Gasteiger partial charge in [0.1, 0.15) is 0 Å². The molecule has 1 N–H and O–H groups in total. The second-order valence-corrected chi connectivity index (χ2v) is 8.61. The highest BCUT2D eigenvalue weighted by atomic mass is 79.9. The second kappa shape index (κ2) is 8.12. The van der Waals surface area contributed by atoms with Gasteiger partial charge in [0.2, 0.25) is 15.9 Å². The van der Waals surface area contributed by atoms with Crippen molar-refractivity contribution in [1.82, 2.24) is 4.31 Å². The van der Waals surface area contributed by atoms with Crippen LogP contribution in [0.25, 0.3) is 0 Å². The molecule has 1 amide bonds. The highest BCUT2D eigenvalue weighted by molar-refractivity contribution is 9.10. The molecule has 134 valence electrons. The Morgan fingerprint density at radius 3 is 2.32 bits per heavy atom. The van der Waals surface area contributed by atoms with Gasteiger partial charge in [-0.3, -0.25) is 4.79 Å². The van der Waals surface area contributed by atoms with Crippen molar-refractivity contribution < 1.29 is 13.2 Å². The molecule has 0 saturated heterocycles. The third-order valence-corrected chi connectivity index (χ3v) is 6.24. The molecule has 0 atom stereocenters. The zero-order chi connectivity index (χ0) is 18.6. The zero-order valence-corrected chi connectivity index (χ0v) is 16.8. The van der Waals surface area contributed by atoms with E-state index in [9.17, 15) is 13.2 Å². The van der Waals surface area contributed by atoms with Gasteiger partial charge in [-0.1, -0.05) is 40.5 Å². The van der Waals surface area contributed by atoms with Crippen LogP contribution < -0.4 is 5.32 Å². The number of rotatable bonds is 6. The van der Waals surface area contributed by atoms with Crippen LogP contribution >= 0.6 is 15.9 Å². The van der Waals surface area contributed by atoms with E-state index >= 15 is 0 Å². The lowest BCUT2D eigenvalue weighted by Gasteiger charge is -2.20. The van der Waals surface area contributed by atoms with E-state index in [0.717, 1.165) is 19.9 Å². The summed E-state index contributed by atoms with van der Waals surface area (Å²) >= 11 is 3.28. The highest BCUT2D eigenvalue weighted by Crippen LogP contribution is 2.20. The number of amides is 1. The van der Waals surface area contributed by atoms with Crippen LogP contribution in [0.1, 0.15) is 18.1 Å². The van der Waals surface area contributed by atoms with E-state index in [1.54, 1.807) is 19.1 Å². The monoisotopic (exact) mass is 424 g/mol. The number of carbonyl (C=O) groups is 1. The molecule has 2 aromatic rings. The van der Waals surface area contributed by atoms with Crippen molar-refractivity contribution in [3.05, 3.63) is 58.1 Å². The third kappa shape index (κ3) is 4.90. The van der Waals surface area contributed by atoms with Crippen LogP contribution in [0.5, 0.6) is 0 Å². The Hall–Kier alpha value is -1.70. The SMILES string of the molecule is CCN(CC(=O)Nc1ccc(C)cc1C)S(=O)(=O)c1ccc(Br)cc1. The fraction of sp³-hybridized carbons (Fsp3) is 0.278. The summed E-state index contributed by atoms with van der Waals surface area (Å²) in [6, 6.07) is 12.0. The molecule has 0 unspecified atom stereocenters. The number of nitrogens with zero attached hydrogens (tertiary/aromatic N) is 1. The first-order valence-electron chi connectivity index (χ1n) is 7.87. The van der Waals surface area contributed by atoms with Crippen molar-refractivity contribution in [2.75, 3.05) is 18.4 Å². The Morgan fingerprint density at radius 1 is 1.12 bits per heavy atom. The highest BCUT2D eigenvalue weighted by Gasteiger charge is 2.25. The number of likely N-dealkylation sites (N-methyl/N-ethyl adjacent to an activating group) is 1. The smallest absolute Gasteiger partial charge is 0.243 e. The minimum Gasteiger partial charge on any atom is -0.325 e. The first kappa shape index (κ1) is 19.6. The standard InChI is InChI=1S/C18H21BrN2O3S/c1-4-21(25(23,24)16-8-6-15(19)7-9-16)12-18(22)20-17-10-5-13(2)11-14(17)3/h5-11H,4,12H2,1-3H3,(H,20,22). The molecule has 2 aromatic carbocycles. The number of carbonyl (C=O) groups excluding carboxylic acids is 1.